The summed E-state index contributed by atoms with van der Waals surface area (Å²) in [6, 6.07) is 13.1. The van der Waals surface area contributed by atoms with Crippen molar-refractivity contribution in [3.8, 4) is 16.9 Å². The van der Waals surface area contributed by atoms with E-state index in [1.54, 1.807) is 42.5 Å². The summed E-state index contributed by atoms with van der Waals surface area (Å²) in [5.74, 6) is 1.00. The molecule has 0 radical (unpaired) electrons. The van der Waals surface area contributed by atoms with Gasteiger partial charge in [-0.1, -0.05) is 6.07 Å². The Morgan fingerprint density at radius 2 is 1.74 bits per heavy atom. The highest BCUT2D eigenvalue weighted by Crippen LogP contribution is 2.45. The lowest BCUT2D eigenvalue weighted by molar-refractivity contribution is -0.153. The minimum atomic E-state index is -4.56. The molecule has 276 valence electrons. The maximum absolute atomic E-state index is 13.8. The summed E-state index contributed by atoms with van der Waals surface area (Å²) in [6.45, 7) is 4.96. The van der Waals surface area contributed by atoms with Gasteiger partial charge in [0.05, 0.1) is 28.5 Å². The Morgan fingerprint density at radius 3 is 2.43 bits per heavy atom. The number of benzene rings is 2. The number of anilines is 5. The fraction of sp³-hybridized carbons (Fsp3) is 0.351. The fourth-order valence-corrected chi connectivity index (χ4v) is 8.36. The number of ether oxygens (including phenoxy) is 1. The minimum absolute atomic E-state index is 0.00127. The van der Waals surface area contributed by atoms with Crippen molar-refractivity contribution in [3.63, 3.8) is 0 Å². The standard InChI is InChI=1S/C37H40F3N10O2P/c1-48-13-15-50(16-14-48)31-18-32(52-21-37(38,39)40)30(17-26(31)23-19-42-49(2)20-23)45-36-46-34-25(11-12-41-34)35(47-36)44-29-10-9-28-24(33(29)53(3,4)51)7-8-27(43-28)22-5-6-22/h7-12,17-20,22H,5-6,13-16,21H2,1-4H3,(H3,41,44,45,46,47). The van der Waals surface area contributed by atoms with Crippen molar-refractivity contribution >= 4 is 63.2 Å². The largest absolute Gasteiger partial charge is 0.482 e. The molecule has 0 amide bonds. The van der Waals surface area contributed by atoms with Gasteiger partial charge in [-0.2, -0.15) is 28.2 Å². The zero-order valence-corrected chi connectivity index (χ0v) is 30.7. The van der Waals surface area contributed by atoms with Gasteiger partial charge >= 0.3 is 6.18 Å². The first-order valence-electron chi connectivity index (χ1n) is 17.5. The first kappa shape index (κ1) is 34.9. The molecule has 2 aromatic carbocycles. The number of hydrogen-bond donors (Lipinski definition) is 3. The van der Waals surface area contributed by atoms with E-state index in [4.69, 9.17) is 14.7 Å². The second-order valence-electron chi connectivity index (χ2n) is 14.2. The van der Waals surface area contributed by atoms with Crippen LogP contribution in [0.25, 0.3) is 33.1 Å². The van der Waals surface area contributed by atoms with E-state index in [0.29, 0.717) is 46.9 Å². The molecule has 53 heavy (non-hydrogen) atoms. The molecule has 16 heteroatoms. The van der Waals surface area contributed by atoms with E-state index in [2.05, 4.69) is 35.5 Å². The highest BCUT2D eigenvalue weighted by molar-refractivity contribution is 7.71. The number of alkyl halides is 3. The molecule has 0 unspecified atom stereocenters. The van der Waals surface area contributed by atoms with E-state index in [0.717, 1.165) is 59.3 Å². The van der Waals surface area contributed by atoms with Crippen molar-refractivity contribution < 1.29 is 22.5 Å². The number of hydrogen-bond acceptors (Lipinski definition) is 10. The fourth-order valence-electron chi connectivity index (χ4n) is 6.88. The van der Waals surface area contributed by atoms with Gasteiger partial charge < -0.3 is 34.7 Å². The SMILES string of the molecule is CN1CCN(c2cc(OCC(F)(F)F)c(Nc3nc(Nc4ccc5nc(C6CC6)ccc5c4P(C)(C)=O)c4cc[nH]c4n3)cc2-c2cnn(C)c2)CC1. The third-order valence-corrected chi connectivity index (χ3v) is 11.2. The van der Waals surface area contributed by atoms with E-state index in [1.807, 2.05) is 50.6 Å². The van der Waals surface area contributed by atoms with E-state index in [-0.39, 0.29) is 17.4 Å². The third-order valence-electron chi connectivity index (χ3n) is 9.66. The number of likely N-dealkylation sites (N-methyl/N-ethyl adjacent to an activating group) is 1. The van der Waals surface area contributed by atoms with Crippen molar-refractivity contribution in [1.82, 2.24) is 34.6 Å². The van der Waals surface area contributed by atoms with Gasteiger partial charge in [0.1, 0.15) is 24.4 Å². The number of aryl methyl sites for hydroxylation is 1. The average Bonchev–Trinajstić information content (AvgIpc) is 3.69. The highest BCUT2D eigenvalue weighted by Gasteiger charge is 2.31. The summed E-state index contributed by atoms with van der Waals surface area (Å²) in [5, 5.41) is 13.1. The monoisotopic (exact) mass is 744 g/mol. The van der Waals surface area contributed by atoms with Crippen LogP contribution >= 0.6 is 7.14 Å². The Kier molecular flexibility index (Phi) is 8.81. The van der Waals surface area contributed by atoms with Crippen LogP contribution in [0.5, 0.6) is 5.75 Å². The molecular formula is C37H40F3N10O2P. The summed E-state index contributed by atoms with van der Waals surface area (Å²) < 4.78 is 61.8. The number of fused-ring (bicyclic) bond motifs is 2. The first-order chi connectivity index (χ1) is 25.3. The van der Waals surface area contributed by atoms with Crippen LogP contribution < -0.4 is 25.6 Å². The number of nitrogens with zero attached hydrogens (tertiary/aromatic N) is 7. The maximum Gasteiger partial charge on any atom is 0.422 e. The number of halogens is 3. The van der Waals surface area contributed by atoms with Crippen molar-refractivity contribution in [2.45, 2.75) is 24.9 Å². The number of aromatic amines is 1. The van der Waals surface area contributed by atoms with E-state index in [9.17, 15) is 17.7 Å². The molecule has 1 aliphatic carbocycles. The van der Waals surface area contributed by atoms with Crippen LogP contribution in [0, 0.1) is 0 Å². The topological polar surface area (TPSA) is 129 Å². The average molecular weight is 745 g/mol. The molecule has 12 nitrogen and oxygen atoms in total. The van der Waals surface area contributed by atoms with Gasteiger partial charge in [-0.3, -0.25) is 9.67 Å². The Labute approximate surface area is 304 Å². The predicted molar refractivity (Wildman–Crippen MR) is 203 cm³/mol. The molecule has 0 spiro atoms. The van der Waals surface area contributed by atoms with Crippen LogP contribution in [0.4, 0.5) is 42.0 Å². The number of aromatic nitrogens is 6. The van der Waals surface area contributed by atoms with Crippen LogP contribution in [-0.4, -0.2) is 94.0 Å². The van der Waals surface area contributed by atoms with Crippen molar-refractivity contribution in [1.29, 1.82) is 0 Å². The lowest BCUT2D eigenvalue weighted by Gasteiger charge is -2.35. The van der Waals surface area contributed by atoms with Crippen LogP contribution in [-0.2, 0) is 11.6 Å². The molecule has 6 aromatic rings. The summed E-state index contributed by atoms with van der Waals surface area (Å²) in [6.07, 6.45) is 3.01. The Bertz CT molecular complexity index is 2370. The maximum atomic E-state index is 13.8. The molecule has 0 bridgehead atoms. The summed E-state index contributed by atoms with van der Waals surface area (Å²) in [4.78, 5) is 21.9. The third kappa shape index (κ3) is 7.40. The zero-order chi connectivity index (χ0) is 37.1. The summed E-state index contributed by atoms with van der Waals surface area (Å²) in [5.41, 5.74) is 5.48. The van der Waals surface area contributed by atoms with Crippen LogP contribution in [0.1, 0.15) is 24.5 Å². The van der Waals surface area contributed by atoms with Gasteiger partial charge in [0.25, 0.3) is 0 Å². The number of H-pyrrole nitrogens is 1. The molecule has 3 N–H and O–H groups in total. The van der Waals surface area contributed by atoms with E-state index < -0.39 is 19.9 Å². The van der Waals surface area contributed by atoms with Gasteiger partial charge in [0.15, 0.2) is 6.61 Å². The van der Waals surface area contributed by atoms with Gasteiger partial charge in [0.2, 0.25) is 5.95 Å². The van der Waals surface area contributed by atoms with Gasteiger partial charge in [-0.05, 0) is 63.6 Å². The molecule has 2 fully saturated rings. The summed E-state index contributed by atoms with van der Waals surface area (Å²) >= 11 is 0. The zero-order valence-electron chi connectivity index (χ0n) is 29.8. The summed E-state index contributed by atoms with van der Waals surface area (Å²) in [7, 11) is 1.01. The van der Waals surface area contributed by atoms with Crippen LogP contribution in [0.15, 0.2) is 61.1 Å². The number of piperazine rings is 1. The molecule has 5 heterocycles. The number of rotatable bonds is 10. The number of pyridine rings is 1. The minimum Gasteiger partial charge on any atom is -0.482 e. The molecule has 1 saturated carbocycles. The Balaban J connectivity index is 1.21. The predicted octanol–water partition coefficient (Wildman–Crippen LogP) is 7.21. The molecular weight excluding hydrogens is 704 g/mol. The lowest BCUT2D eigenvalue weighted by atomic mass is 10.0. The Morgan fingerprint density at radius 1 is 0.943 bits per heavy atom. The molecule has 0 atom stereocenters. The van der Waals surface area contributed by atoms with E-state index in [1.165, 1.54) is 0 Å². The van der Waals surface area contributed by atoms with Crippen molar-refractivity contribution in [2.75, 3.05) is 68.7 Å². The molecule has 1 aliphatic heterocycles. The molecule has 4 aromatic heterocycles. The second-order valence-corrected chi connectivity index (χ2v) is 17.4. The molecule has 1 saturated heterocycles. The number of nitrogens with one attached hydrogen (secondary N) is 3. The highest BCUT2D eigenvalue weighted by atomic mass is 31.2. The van der Waals surface area contributed by atoms with Gasteiger partial charge in [-0.25, -0.2) is 0 Å². The van der Waals surface area contributed by atoms with Crippen molar-refractivity contribution in [3.05, 3.63) is 66.7 Å². The van der Waals surface area contributed by atoms with Crippen LogP contribution in [0.3, 0.4) is 0 Å². The normalized spacial score (nSPS) is 15.7. The van der Waals surface area contributed by atoms with Gasteiger partial charge in [-0.15, -0.1) is 0 Å². The van der Waals surface area contributed by atoms with E-state index >= 15 is 0 Å². The molecule has 2 aliphatic rings. The second kappa shape index (κ2) is 13.4. The van der Waals surface area contributed by atoms with Crippen LogP contribution in [0.2, 0.25) is 0 Å². The van der Waals surface area contributed by atoms with Crippen molar-refractivity contribution in [2.24, 2.45) is 7.05 Å². The lowest BCUT2D eigenvalue weighted by Crippen LogP contribution is -2.44. The first-order valence-corrected chi connectivity index (χ1v) is 20.1. The smallest absolute Gasteiger partial charge is 0.422 e. The Hall–Kier alpha value is -5.14. The molecule has 8 rings (SSSR count). The quantitative estimate of drug-likeness (QED) is 0.124. The van der Waals surface area contributed by atoms with Gasteiger partial charge in [0, 0.05) is 90.8 Å².